The van der Waals surface area contributed by atoms with E-state index in [1.165, 1.54) is 0 Å². The summed E-state index contributed by atoms with van der Waals surface area (Å²) in [6.07, 6.45) is 0. The van der Waals surface area contributed by atoms with Crippen LogP contribution in [-0.2, 0) is 9.53 Å². The van der Waals surface area contributed by atoms with Crippen LogP contribution in [0.3, 0.4) is 0 Å². The number of anilines is 1. The molecule has 148 valence electrons. The van der Waals surface area contributed by atoms with Crippen molar-refractivity contribution in [3.8, 4) is 11.5 Å². The zero-order valence-corrected chi connectivity index (χ0v) is 16.7. The summed E-state index contributed by atoms with van der Waals surface area (Å²) >= 11 is 5.62. The van der Waals surface area contributed by atoms with Crippen LogP contribution in [0.25, 0.3) is 0 Å². The molecule has 1 amide bonds. The SMILES string of the molecule is CCOc1cc(C(=S)N2CCOCC2)ccc1OCC(=O)Nc1ccccc1. The lowest BCUT2D eigenvalue weighted by Crippen LogP contribution is -2.40. The number of ether oxygens (including phenoxy) is 3. The first-order valence-electron chi connectivity index (χ1n) is 9.29. The summed E-state index contributed by atoms with van der Waals surface area (Å²) < 4.78 is 16.8. The van der Waals surface area contributed by atoms with E-state index in [0.29, 0.717) is 31.3 Å². The molecule has 3 rings (SSSR count). The Balaban J connectivity index is 1.65. The van der Waals surface area contributed by atoms with Crippen molar-refractivity contribution in [1.29, 1.82) is 0 Å². The third-order valence-corrected chi connectivity index (χ3v) is 4.70. The largest absolute Gasteiger partial charge is 0.490 e. The number of hydrogen-bond donors (Lipinski definition) is 1. The van der Waals surface area contributed by atoms with Crippen molar-refractivity contribution in [2.45, 2.75) is 6.92 Å². The van der Waals surface area contributed by atoms with Crippen LogP contribution >= 0.6 is 12.2 Å². The van der Waals surface area contributed by atoms with Crippen molar-refractivity contribution in [3.05, 3.63) is 54.1 Å². The molecule has 0 aliphatic carbocycles. The van der Waals surface area contributed by atoms with Gasteiger partial charge in [0, 0.05) is 24.3 Å². The van der Waals surface area contributed by atoms with E-state index >= 15 is 0 Å². The maximum absolute atomic E-state index is 12.1. The number of carbonyl (C=O) groups is 1. The summed E-state index contributed by atoms with van der Waals surface area (Å²) in [7, 11) is 0. The fourth-order valence-corrected chi connectivity index (χ4v) is 3.15. The monoisotopic (exact) mass is 400 g/mol. The molecule has 0 aromatic heterocycles. The Labute approximate surface area is 170 Å². The Kier molecular flexibility index (Phi) is 7.22. The van der Waals surface area contributed by atoms with Crippen molar-refractivity contribution in [1.82, 2.24) is 4.90 Å². The number of carbonyl (C=O) groups excluding carboxylic acids is 1. The minimum absolute atomic E-state index is 0.109. The highest BCUT2D eigenvalue weighted by atomic mass is 32.1. The van der Waals surface area contributed by atoms with Gasteiger partial charge in [0.2, 0.25) is 0 Å². The molecule has 0 radical (unpaired) electrons. The summed E-state index contributed by atoms with van der Waals surface area (Å²) in [5.41, 5.74) is 1.62. The lowest BCUT2D eigenvalue weighted by Gasteiger charge is -2.29. The highest BCUT2D eigenvalue weighted by molar-refractivity contribution is 7.80. The van der Waals surface area contributed by atoms with Crippen molar-refractivity contribution < 1.29 is 19.0 Å². The van der Waals surface area contributed by atoms with E-state index in [-0.39, 0.29) is 12.5 Å². The molecule has 1 aliphatic heterocycles. The van der Waals surface area contributed by atoms with E-state index < -0.39 is 0 Å². The number of hydrogen-bond acceptors (Lipinski definition) is 5. The summed E-state index contributed by atoms with van der Waals surface area (Å²) in [5, 5.41) is 2.79. The molecule has 0 atom stereocenters. The van der Waals surface area contributed by atoms with Gasteiger partial charge in [0.15, 0.2) is 18.1 Å². The van der Waals surface area contributed by atoms with Gasteiger partial charge < -0.3 is 24.4 Å². The molecule has 0 bridgehead atoms. The van der Waals surface area contributed by atoms with E-state index in [0.717, 1.165) is 29.3 Å². The standard InChI is InChI=1S/C21H24N2O4S/c1-2-26-19-14-16(21(28)23-10-12-25-13-11-23)8-9-18(19)27-15-20(24)22-17-6-4-3-5-7-17/h3-9,14H,2,10-13,15H2,1H3,(H,22,24). The fourth-order valence-electron chi connectivity index (χ4n) is 2.84. The zero-order chi connectivity index (χ0) is 19.8. The number of thiocarbonyl (C=S) groups is 1. The molecule has 1 N–H and O–H groups in total. The van der Waals surface area contributed by atoms with Gasteiger partial charge >= 0.3 is 0 Å². The Morgan fingerprint density at radius 1 is 1.11 bits per heavy atom. The number of morpholine rings is 1. The van der Waals surface area contributed by atoms with Crippen LogP contribution in [0.2, 0.25) is 0 Å². The Morgan fingerprint density at radius 3 is 2.57 bits per heavy atom. The second-order valence-corrected chi connectivity index (χ2v) is 6.59. The van der Waals surface area contributed by atoms with Crippen molar-refractivity contribution in [2.24, 2.45) is 0 Å². The maximum Gasteiger partial charge on any atom is 0.262 e. The lowest BCUT2D eigenvalue weighted by molar-refractivity contribution is -0.118. The Morgan fingerprint density at radius 2 is 1.86 bits per heavy atom. The molecule has 1 aliphatic rings. The van der Waals surface area contributed by atoms with Crippen molar-refractivity contribution in [2.75, 3.05) is 44.8 Å². The third-order valence-electron chi connectivity index (χ3n) is 4.21. The molecular weight excluding hydrogens is 376 g/mol. The van der Waals surface area contributed by atoms with E-state index in [2.05, 4.69) is 10.2 Å². The smallest absolute Gasteiger partial charge is 0.262 e. The second-order valence-electron chi connectivity index (χ2n) is 6.20. The molecule has 2 aromatic rings. The van der Waals surface area contributed by atoms with Gasteiger partial charge in [0.05, 0.1) is 19.8 Å². The van der Waals surface area contributed by atoms with Crippen LogP contribution in [0.15, 0.2) is 48.5 Å². The van der Waals surface area contributed by atoms with Gasteiger partial charge in [-0.3, -0.25) is 4.79 Å². The lowest BCUT2D eigenvalue weighted by atomic mass is 10.1. The highest BCUT2D eigenvalue weighted by Crippen LogP contribution is 2.29. The topological polar surface area (TPSA) is 60.0 Å². The van der Waals surface area contributed by atoms with Crippen molar-refractivity contribution in [3.63, 3.8) is 0 Å². The first-order valence-corrected chi connectivity index (χ1v) is 9.69. The number of para-hydroxylation sites is 1. The van der Waals surface area contributed by atoms with Crippen LogP contribution in [0.1, 0.15) is 12.5 Å². The van der Waals surface area contributed by atoms with Crippen molar-refractivity contribution >= 4 is 28.8 Å². The van der Waals surface area contributed by atoms with E-state index in [1.54, 1.807) is 6.07 Å². The van der Waals surface area contributed by atoms with Gasteiger partial charge in [-0.15, -0.1) is 0 Å². The highest BCUT2D eigenvalue weighted by Gasteiger charge is 2.17. The van der Waals surface area contributed by atoms with Crippen LogP contribution in [0, 0.1) is 0 Å². The number of nitrogens with zero attached hydrogens (tertiary/aromatic N) is 1. The molecule has 0 unspecified atom stereocenters. The van der Waals surface area contributed by atoms with Gasteiger partial charge in [-0.2, -0.15) is 0 Å². The molecule has 2 aromatic carbocycles. The average molecular weight is 401 g/mol. The summed E-state index contributed by atoms with van der Waals surface area (Å²) in [6, 6.07) is 14.8. The molecule has 7 heteroatoms. The minimum Gasteiger partial charge on any atom is -0.490 e. The number of rotatable bonds is 7. The van der Waals surface area contributed by atoms with Gasteiger partial charge in [-0.1, -0.05) is 30.4 Å². The third kappa shape index (κ3) is 5.43. The summed E-state index contributed by atoms with van der Waals surface area (Å²) in [4.78, 5) is 15.0. The molecule has 0 saturated carbocycles. The fraction of sp³-hybridized carbons (Fsp3) is 0.333. The molecule has 1 fully saturated rings. The van der Waals surface area contributed by atoms with Gasteiger partial charge in [-0.05, 0) is 37.3 Å². The van der Waals surface area contributed by atoms with Gasteiger partial charge in [0.25, 0.3) is 5.91 Å². The zero-order valence-electron chi connectivity index (χ0n) is 15.8. The molecule has 1 saturated heterocycles. The van der Waals surface area contributed by atoms with E-state index in [4.69, 9.17) is 26.4 Å². The van der Waals surface area contributed by atoms with Gasteiger partial charge in [0.1, 0.15) is 4.99 Å². The number of nitrogens with one attached hydrogen (secondary N) is 1. The molecule has 1 heterocycles. The summed E-state index contributed by atoms with van der Waals surface area (Å²) in [6.45, 7) is 5.19. The molecule has 28 heavy (non-hydrogen) atoms. The summed E-state index contributed by atoms with van der Waals surface area (Å²) in [5.74, 6) is 0.850. The predicted molar refractivity (Wildman–Crippen MR) is 112 cm³/mol. The van der Waals surface area contributed by atoms with Crippen LogP contribution in [-0.4, -0.2) is 55.3 Å². The average Bonchev–Trinajstić information content (AvgIpc) is 2.74. The first kappa shape index (κ1) is 20.1. The molecular formula is C21H24N2O4S. The first-order chi connectivity index (χ1) is 13.7. The molecule has 6 nitrogen and oxygen atoms in total. The van der Waals surface area contributed by atoms with Crippen LogP contribution < -0.4 is 14.8 Å². The normalized spacial score (nSPS) is 13.7. The quantitative estimate of drug-likeness (QED) is 0.721. The second kappa shape index (κ2) is 10.1. The predicted octanol–water partition coefficient (Wildman–Crippen LogP) is 3.11. The Hall–Kier alpha value is -2.64. The van der Waals surface area contributed by atoms with Crippen LogP contribution in [0.4, 0.5) is 5.69 Å². The van der Waals surface area contributed by atoms with Crippen LogP contribution in [0.5, 0.6) is 11.5 Å². The van der Waals surface area contributed by atoms with E-state index in [1.807, 2.05) is 49.4 Å². The Bertz CT molecular complexity index is 807. The number of amides is 1. The van der Waals surface area contributed by atoms with E-state index in [9.17, 15) is 4.79 Å². The van der Waals surface area contributed by atoms with Gasteiger partial charge in [-0.25, -0.2) is 0 Å². The minimum atomic E-state index is -0.235. The number of benzene rings is 2. The molecule has 0 spiro atoms. The maximum atomic E-state index is 12.1.